The van der Waals surface area contributed by atoms with E-state index in [1.807, 2.05) is 0 Å². The van der Waals surface area contributed by atoms with E-state index in [-0.39, 0.29) is 11.6 Å². The molecule has 1 aromatic carbocycles. The Hall–Kier alpha value is -1.43. The van der Waals surface area contributed by atoms with Crippen LogP contribution in [0, 0.1) is 17.0 Å². The molecule has 0 saturated carbocycles. The number of hydrogen-bond donors (Lipinski definition) is 1. The van der Waals surface area contributed by atoms with Crippen molar-refractivity contribution in [2.75, 3.05) is 6.54 Å². The lowest BCUT2D eigenvalue weighted by Gasteiger charge is -2.08. The third kappa shape index (κ3) is 4.63. The Balaban J connectivity index is 2.63. The van der Waals surface area contributed by atoms with Crippen molar-refractivity contribution in [2.24, 2.45) is 0 Å². The average molecular weight is 329 g/mol. The van der Waals surface area contributed by atoms with Gasteiger partial charge in [0.2, 0.25) is 0 Å². The molecule has 0 spiro atoms. The first kappa shape index (κ1) is 15.6. The maximum absolute atomic E-state index is 11.9. The van der Waals surface area contributed by atoms with Crippen LogP contribution in [0.1, 0.15) is 35.7 Å². The summed E-state index contributed by atoms with van der Waals surface area (Å²) >= 11 is 3.49. The first-order valence-corrected chi connectivity index (χ1v) is 7.04. The number of amides is 1. The standard InChI is InChI=1S/C13H17BrN2O3/c1-3-11(14)6-7-15-13(17)10-4-5-12(16(18)19)9(2)8-10/h4-5,8,11H,3,6-7H2,1-2H3,(H,15,17). The normalized spacial score (nSPS) is 11.9. The van der Waals surface area contributed by atoms with Gasteiger partial charge in [0.15, 0.2) is 0 Å². The Morgan fingerprint density at radius 2 is 2.21 bits per heavy atom. The number of nitrogens with one attached hydrogen (secondary N) is 1. The number of nitrogens with zero attached hydrogens (tertiary/aromatic N) is 1. The highest BCUT2D eigenvalue weighted by Crippen LogP contribution is 2.18. The maximum atomic E-state index is 11.9. The van der Waals surface area contributed by atoms with Gasteiger partial charge in [-0.05, 0) is 31.9 Å². The minimum absolute atomic E-state index is 0.0306. The molecule has 5 nitrogen and oxygen atoms in total. The van der Waals surface area contributed by atoms with Crippen LogP contribution in [0.15, 0.2) is 18.2 Å². The lowest BCUT2D eigenvalue weighted by molar-refractivity contribution is -0.385. The zero-order valence-corrected chi connectivity index (χ0v) is 12.6. The van der Waals surface area contributed by atoms with Crippen LogP contribution >= 0.6 is 15.9 Å². The fraction of sp³-hybridized carbons (Fsp3) is 0.462. The molecule has 1 aromatic rings. The molecule has 1 unspecified atom stereocenters. The van der Waals surface area contributed by atoms with Crippen molar-refractivity contribution in [1.82, 2.24) is 5.32 Å². The van der Waals surface area contributed by atoms with Crippen LogP contribution in [0.5, 0.6) is 0 Å². The molecule has 0 heterocycles. The number of aryl methyl sites for hydroxylation is 1. The minimum Gasteiger partial charge on any atom is -0.352 e. The van der Waals surface area contributed by atoms with Crippen LogP contribution in [0.25, 0.3) is 0 Å². The quantitative estimate of drug-likeness (QED) is 0.495. The molecule has 0 saturated heterocycles. The van der Waals surface area contributed by atoms with Crippen LogP contribution in [0.3, 0.4) is 0 Å². The van der Waals surface area contributed by atoms with E-state index in [0.29, 0.717) is 22.5 Å². The molecule has 1 amide bonds. The second-order valence-corrected chi connectivity index (χ2v) is 5.60. The van der Waals surface area contributed by atoms with Crippen molar-refractivity contribution in [3.05, 3.63) is 39.4 Å². The second kappa shape index (κ2) is 7.23. The molecule has 6 heteroatoms. The number of carbonyl (C=O) groups is 1. The van der Waals surface area contributed by atoms with Gasteiger partial charge >= 0.3 is 0 Å². The molecule has 1 N–H and O–H groups in total. The molecule has 0 aliphatic carbocycles. The lowest BCUT2D eigenvalue weighted by atomic mass is 10.1. The Kier molecular flexibility index (Phi) is 5.95. The van der Waals surface area contributed by atoms with Crippen LogP contribution in [0.2, 0.25) is 0 Å². The largest absolute Gasteiger partial charge is 0.352 e. The van der Waals surface area contributed by atoms with Gasteiger partial charge in [-0.2, -0.15) is 0 Å². The van der Waals surface area contributed by atoms with E-state index in [1.54, 1.807) is 13.0 Å². The van der Waals surface area contributed by atoms with Crippen LogP contribution in [-0.4, -0.2) is 22.2 Å². The van der Waals surface area contributed by atoms with Gasteiger partial charge in [0.05, 0.1) is 4.92 Å². The zero-order valence-electron chi connectivity index (χ0n) is 11.0. The highest BCUT2D eigenvalue weighted by atomic mass is 79.9. The van der Waals surface area contributed by atoms with Gasteiger partial charge in [0.1, 0.15) is 0 Å². The molecule has 104 valence electrons. The number of nitro benzene ring substituents is 1. The smallest absolute Gasteiger partial charge is 0.272 e. The predicted molar refractivity (Wildman–Crippen MR) is 77.8 cm³/mol. The van der Waals surface area contributed by atoms with Crippen LogP contribution in [-0.2, 0) is 0 Å². The van der Waals surface area contributed by atoms with E-state index >= 15 is 0 Å². The summed E-state index contributed by atoms with van der Waals surface area (Å²) in [7, 11) is 0. The lowest BCUT2D eigenvalue weighted by Crippen LogP contribution is -2.26. The van der Waals surface area contributed by atoms with Crippen molar-refractivity contribution < 1.29 is 9.72 Å². The first-order chi connectivity index (χ1) is 8.95. The average Bonchev–Trinajstić information content (AvgIpc) is 2.37. The summed E-state index contributed by atoms with van der Waals surface area (Å²) in [5, 5.41) is 13.5. The fourth-order valence-electron chi connectivity index (χ4n) is 1.65. The molecule has 0 aromatic heterocycles. The molecule has 1 rings (SSSR count). The Morgan fingerprint density at radius 1 is 1.53 bits per heavy atom. The van der Waals surface area contributed by atoms with E-state index in [2.05, 4.69) is 28.2 Å². The Bertz CT molecular complexity index is 477. The van der Waals surface area contributed by atoms with E-state index < -0.39 is 4.92 Å². The van der Waals surface area contributed by atoms with Gasteiger partial charge in [-0.3, -0.25) is 14.9 Å². The zero-order chi connectivity index (χ0) is 14.4. The van der Waals surface area contributed by atoms with Crippen molar-refractivity contribution in [1.29, 1.82) is 0 Å². The summed E-state index contributed by atoms with van der Waals surface area (Å²) in [6, 6.07) is 4.38. The van der Waals surface area contributed by atoms with Crippen molar-refractivity contribution >= 4 is 27.5 Å². The number of carbonyl (C=O) groups excluding carboxylic acids is 1. The summed E-state index contributed by atoms with van der Waals surface area (Å²) in [4.78, 5) is 22.5. The second-order valence-electron chi connectivity index (χ2n) is 4.31. The molecule has 0 bridgehead atoms. The fourth-order valence-corrected chi connectivity index (χ4v) is 1.88. The highest BCUT2D eigenvalue weighted by Gasteiger charge is 2.13. The molecule has 0 radical (unpaired) electrons. The van der Waals surface area contributed by atoms with Crippen molar-refractivity contribution in [3.63, 3.8) is 0 Å². The third-order valence-electron chi connectivity index (χ3n) is 2.84. The van der Waals surface area contributed by atoms with Gasteiger partial charge in [-0.15, -0.1) is 0 Å². The topological polar surface area (TPSA) is 72.2 Å². The number of nitro groups is 1. The maximum Gasteiger partial charge on any atom is 0.272 e. The monoisotopic (exact) mass is 328 g/mol. The molecule has 0 aliphatic rings. The Labute approximate surface area is 120 Å². The number of alkyl halides is 1. The highest BCUT2D eigenvalue weighted by molar-refractivity contribution is 9.09. The van der Waals surface area contributed by atoms with Gasteiger partial charge in [-0.1, -0.05) is 22.9 Å². The first-order valence-electron chi connectivity index (χ1n) is 6.13. The predicted octanol–water partition coefficient (Wildman–Crippen LogP) is 3.20. The number of rotatable bonds is 6. The number of hydrogen-bond acceptors (Lipinski definition) is 3. The van der Waals surface area contributed by atoms with E-state index in [4.69, 9.17) is 0 Å². The van der Waals surface area contributed by atoms with E-state index in [9.17, 15) is 14.9 Å². The summed E-state index contributed by atoms with van der Waals surface area (Å²) < 4.78 is 0. The number of halogens is 1. The van der Waals surface area contributed by atoms with Crippen LogP contribution < -0.4 is 5.32 Å². The summed E-state index contributed by atoms with van der Waals surface area (Å²) in [5.41, 5.74) is 0.971. The van der Waals surface area contributed by atoms with Gasteiger partial charge in [-0.25, -0.2) is 0 Å². The van der Waals surface area contributed by atoms with Gasteiger partial charge in [0, 0.05) is 28.6 Å². The summed E-state index contributed by atoms with van der Waals surface area (Å²) in [5.74, 6) is -0.200. The molecule has 19 heavy (non-hydrogen) atoms. The molecule has 0 fully saturated rings. The van der Waals surface area contributed by atoms with Crippen LogP contribution in [0.4, 0.5) is 5.69 Å². The SMILES string of the molecule is CCC(Br)CCNC(=O)c1ccc([N+](=O)[O-])c(C)c1. The molecule has 0 aliphatic heterocycles. The Morgan fingerprint density at radius 3 is 2.74 bits per heavy atom. The van der Waals surface area contributed by atoms with E-state index in [0.717, 1.165) is 12.8 Å². The van der Waals surface area contributed by atoms with Crippen molar-refractivity contribution in [2.45, 2.75) is 31.5 Å². The molecular weight excluding hydrogens is 312 g/mol. The van der Waals surface area contributed by atoms with Crippen molar-refractivity contribution in [3.8, 4) is 0 Å². The summed E-state index contributed by atoms with van der Waals surface area (Å²) in [6.07, 6.45) is 1.86. The van der Waals surface area contributed by atoms with E-state index in [1.165, 1.54) is 12.1 Å². The van der Waals surface area contributed by atoms with Gasteiger partial charge < -0.3 is 5.32 Å². The molecule has 1 atom stereocenters. The number of benzene rings is 1. The third-order valence-corrected chi connectivity index (χ3v) is 3.95. The summed E-state index contributed by atoms with van der Waals surface area (Å²) in [6.45, 7) is 4.28. The van der Waals surface area contributed by atoms with Gasteiger partial charge in [0.25, 0.3) is 11.6 Å². The molecular formula is C13H17BrN2O3. The minimum atomic E-state index is -0.451.